The van der Waals surface area contributed by atoms with Crippen molar-refractivity contribution in [2.75, 3.05) is 13.2 Å². The second-order valence-corrected chi connectivity index (χ2v) is 16.6. The molecule has 0 aliphatic carbocycles. The first kappa shape index (κ1) is 51.9. The minimum atomic E-state index is -1.56. The zero-order valence-corrected chi connectivity index (χ0v) is 35.7. The standard InChI is InChI=1S/C46H89NO8/c1-3-5-7-9-11-13-15-17-18-19-20-21-22-23-24-26-28-30-32-34-36-42(50)47-39(38-54-46-45(53)44(52)43(51)41(37-48)55-46)40(49)35-33-31-29-27-25-16-14-12-10-8-6-4-2/h33,35,39-41,43-46,48-49,51-53H,3-32,34,36-38H2,1-2H3,(H,47,50)/b35-33+/t39-,40+,41+,43-,44?,45?,46+/m0/s1. The summed E-state index contributed by atoms with van der Waals surface area (Å²) in [5.41, 5.74) is 0. The number of aliphatic hydroxyl groups excluding tert-OH is 5. The summed E-state index contributed by atoms with van der Waals surface area (Å²) >= 11 is 0. The molecular formula is C46H89NO8. The number of unbranched alkanes of at least 4 members (excludes halogenated alkanes) is 29. The van der Waals surface area contributed by atoms with Gasteiger partial charge in [-0.2, -0.15) is 0 Å². The van der Waals surface area contributed by atoms with E-state index in [-0.39, 0.29) is 12.5 Å². The first-order valence-corrected chi connectivity index (χ1v) is 23.4. The predicted octanol–water partition coefficient (Wildman–Crippen LogP) is 9.73. The Morgan fingerprint density at radius 2 is 1.00 bits per heavy atom. The van der Waals surface area contributed by atoms with Gasteiger partial charge in [0.15, 0.2) is 6.29 Å². The molecule has 0 saturated carbocycles. The maximum atomic E-state index is 12.9. The smallest absolute Gasteiger partial charge is 0.220 e. The molecule has 6 N–H and O–H groups in total. The van der Waals surface area contributed by atoms with Crippen molar-refractivity contribution in [3.63, 3.8) is 0 Å². The molecule has 1 aliphatic rings. The molecule has 0 bridgehead atoms. The van der Waals surface area contributed by atoms with Gasteiger partial charge in [-0.25, -0.2) is 0 Å². The van der Waals surface area contributed by atoms with E-state index in [1.807, 2.05) is 6.08 Å². The number of carbonyl (C=O) groups excluding carboxylic acids is 1. The highest BCUT2D eigenvalue weighted by Crippen LogP contribution is 2.23. The molecule has 1 heterocycles. The summed E-state index contributed by atoms with van der Waals surface area (Å²) in [5, 5.41) is 54.1. The number of ether oxygens (including phenoxy) is 2. The Morgan fingerprint density at radius 1 is 0.600 bits per heavy atom. The number of hydrogen-bond donors (Lipinski definition) is 6. The second-order valence-electron chi connectivity index (χ2n) is 16.6. The van der Waals surface area contributed by atoms with Gasteiger partial charge < -0.3 is 40.3 Å². The summed E-state index contributed by atoms with van der Waals surface area (Å²) in [6.07, 6.45) is 35.4. The summed E-state index contributed by atoms with van der Waals surface area (Å²) in [4.78, 5) is 12.9. The van der Waals surface area contributed by atoms with Gasteiger partial charge in [0.2, 0.25) is 5.91 Å². The largest absolute Gasteiger partial charge is 0.394 e. The van der Waals surface area contributed by atoms with Gasteiger partial charge in [0.05, 0.1) is 25.4 Å². The van der Waals surface area contributed by atoms with Crippen molar-refractivity contribution in [2.24, 2.45) is 0 Å². The summed E-state index contributed by atoms with van der Waals surface area (Å²) in [6, 6.07) is -0.797. The number of rotatable bonds is 39. The number of hydrogen-bond acceptors (Lipinski definition) is 8. The fraction of sp³-hybridized carbons (Fsp3) is 0.935. The molecule has 0 aromatic heterocycles. The van der Waals surface area contributed by atoms with Crippen LogP contribution < -0.4 is 5.32 Å². The van der Waals surface area contributed by atoms with Gasteiger partial charge >= 0.3 is 0 Å². The molecule has 326 valence electrons. The molecule has 1 saturated heterocycles. The zero-order chi connectivity index (χ0) is 40.2. The molecule has 0 radical (unpaired) electrons. The van der Waals surface area contributed by atoms with E-state index < -0.39 is 49.5 Å². The topological polar surface area (TPSA) is 149 Å². The zero-order valence-electron chi connectivity index (χ0n) is 35.7. The molecule has 0 aromatic carbocycles. The van der Waals surface area contributed by atoms with Crippen molar-refractivity contribution in [1.82, 2.24) is 5.32 Å². The highest BCUT2D eigenvalue weighted by atomic mass is 16.7. The second kappa shape index (κ2) is 37.2. The van der Waals surface area contributed by atoms with Crippen molar-refractivity contribution >= 4 is 5.91 Å². The van der Waals surface area contributed by atoms with Crippen molar-refractivity contribution in [3.8, 4) is 0 Å². The Labute approximate surface area is 337 Å². The maximum absolute atomic E-state index is 12.9. The quantitative estimate of drug-likeness (QED) is 0.0267. The Bertz CT molecular complexity index is 873. The average Bonchev–Trinajstić information content (AvgIpc) is 3.18. The summed E-state index contributed by atoms with van der Waals surface area (Å²) < 4.78 is 11.2. The molecule has 2 unspecified atom stereocenters. The molecule has 1 aliphatic heterocycles. The molecule has 0 aromatic rings. The highest BCUT2D eigenvalue weighted by Gasteiger charge is 2.44. The van der Waals surface area contributed by atoms with Crippen LogP contribution in [0.25, 0.3) is 0 Å². The third-order valence-electron chi connectivity index (χ3n) is 11.4. The molecule has 1 amide bonds. The molecule has 0 spiro atoms. The summed E-state index contributed by atoms with van der Waals surface area (Å²) in [6.45, 7) is 3.78. The van der Waals surface area contributed by atoms with Crippen LogP contribution in [0.1, 0.15) is 219 Å². The molecule has 1 fully saturated rings. The van der Waals surface area contributed by atoms with Crippen LogP contribution >= 0.6 is 0 Å². The predicted molar refractivity (Wildman–Crippen MR) is 226 cm³/mol. The lowest BCUT2D eigenvalue weighted by Gasteiger charge is -2.40. The fourth-order valence-corrected chi connectivity index (χ4v) is 7.57. The van der Waals surface area contributed by atoms with Crippen molar-refractivity contribution < 1.29 is 39.8 Å². The average molecular weight is 784 g/mol. The lowest BCUT2D eigenvalue weighted by Crippen LogP contribution is -2.60. The van der Waals surface area contributed by atoms with Crippen molar-refractivity contribution in [3.05, 3.63) is 12.2 Å². The van der Waals surface area contributed by atoms with Crippen LogP contribution in [0.5, 0.6) is 0 Å². The van der Waals surface area contributed by atoms with Crippen LogP contribution in [0.15, 0.2) is 12.2 Å². The number of aliphatic hydroxyl groups is 5. The van der Waals surface area contributed by atoms with Crippen LogP contribution in [-0.2, 0) is 14.3 Å². The van der Waals surface area contributed by atoms with E-state index >= 15 is 0 Å². The SMILES string of the molecule is CCCCCCCCCCCC/C=C/[C@@H](O)[C@H](CO[C@@H]1O[C@H](CO)[C@H](O)C(O)C1O)NC(=O)CCCCCCCCCCCCCCCCCCCCCC. The number of carbonyl (C=O) groups is 1. The Morgan fingerprint density at radius 3 is 1.42 bits per heavy atom. The molecule has 9 heteroatoms. The Kier molecular flexibility index (Phi) is 35.2. The number of allylic oxidation sites excluding steroid dienone is 1. The third kappa shape index (κ3) is 28.1. The Hall–Kier alpha value is -1.07. The van der Waals surface area contributed by atoms with Gasteiger partial charge in [0.1, 0.15) is 24.4 Å². The van der Waals surface area contributed by atoms with Gasteiger partial charge in [0, 0.05) is 6.42 Å². The summed E-state index contributed by atoms with van der Waals surface area (Å²) in [5.74, 6) is -0.174. The third-order valence-corrected chi connectivity index (χ3v) is 11.4. The molecule has 7 atom stereocenters. The van der Waals surface area contributed by atoms with Crippen LogP contribution in [0.4, 0.5) is 0 Å². The van der Waals surface area contributed by atoms with Crippen LogP contribution in [0, 0.1) is 0 Å². The first-order valence-electron chi connectivity index (χ1n) is 23.4. The van der Waals surface area contributed by atoms with E-state index in [1.165, 1.54) is 161 Å². The van der Waals surface area contributed by atoms with Crippen molar-refractivity contribution in [1.29, 1.82) is 0 Å². The van der Waals surface area contributed by atoms with Gasteiger partial charge in [-0.05, 0) is 19.3 Å². The van der Waals surface area contributed by atoms with E-state index in [4.69, 9.17) is 9.47 Å². The normalized spacial score (nSPS) is 21.3. The van der Waals surface area contributed by atoms with E-state index in [2.05, 4.69) is 19.2 Å². The van der Waals surface area contributed by atoms with Crippen LogP contribution in [-0.4, -0.2) is 87.5 Å². The van der Waals surface area contributed by atoms with E-state index in [0.29, 0.717) is 6.42 Å². The molecule has 55 heavy (non-hydrogen) atoms. The van der Waals surface area contributed by atoms with Gasteiger partial charge in [-0.15, -0.1) is 0 Å². The molecular weight excluding hydrogens is 695 g/mol. The van der Waals surface area contributed by atoms with E-state index in [1.54, 1.807) is 6.08 Å². The van der Waals surface area contributed by atoms with Crippen molar-refractivity contribution in [2.45, 2.75) is 262 Å². The van der Waals surface area contributed by atoms with Gasteiger partial charge in [-0.3, -0.25) is 4.79 Å². The summed E-state index contributed by atoms with van der Waals surface area (Å²) in [7, 11) is 0. The van der Waals surface area contributed by atoms with E-state index in [0.717, 1.165) is 38.5 Å². The highest BCUT2D eigenvalue weighted by molar-refractivity contribution is 5.76. The Balaban J connectivity index is 2.29. The van der Waals surface area contributed by atoms with E-state index in [9.17, 15) is 30.3 Å². The van der Waals surface area contributed by atoms with Gasteiger partial charge in [0.25, 0.3) is 0 Å². The van der Waals surface area contributed by atoms with Crippen LogP contribution in [0.3, 0.4) is 0 Å². The van der Waals surface area contributed by atoms with Crippen LogP contribution in [0.2, 0.25) is 0 Å². The van der Waals surface area contributed by atoms with Gasteiger partial charge in [-0.1, -0.05) is 206 Å². The minimum Gasteiger partial charge on any atom is -0.394 e. The fourth-order valence-electron chi connectivity index (χ4n) is 7.57. The maximum Gasteiger partial charge on any atom is 0.220 e. The number of nitrogens with one attached hydrogen (secondary N) is 1. The number of amides is 1. The lowest BCUT2D eigenvalue weighted by atomic mass is 9.99. The first-order chi connectivity index (χ1) is 26.8. The molecule has 9 nitrogen and oxygen atoms in total. The minimum absolute atomic E-state index is 0.174. The molecule has 1 rings (SSSR count). The lowest BCUT2D eigenvalue weighted by molar-refractivity contribution is -0.302. The monoisotopic (exact) mass is 784 g/mol.